The monoisotopic (exact) mass is 540 g/mol. The predicted molar refractivity (Wildman–Crippen MR) is 155 cm³/mol. The molecule has 0 saturated heterocycles. The van der Waals surface area contributed by atoms with Gasteiger partial charge in [0.25, 0.3) is 0 Å². The second-order valence-corrected chi connectivity index (χ2v) is 12.6. The van der Waals surface area contributed by atoms with Crippen LogP contribution in [0.1, 0.15) is 62.3 Å². The van der Waals surface area contributed by atoms with Gasteiger partial charge in [0.1, 0.15) is 23.9 Å². The van der Waals surface area contributed by atoms with E-state index < -0.39 is 7.37 Å². The SMILES string of the molecule is CCCc1ccc(OCc2cccc(-c3c(C)cc(OCCCP(=O)(CCC)OCC)cc3C)c2)cc1F. The van der Waals surface area contributed by atoms with E-state index in [9.17, 15) is 8.96 Å². The molecule has 0 fully saturated rings. The zero-order valence-electron chi connectivity index (χ0n) is 23.5. The number of ether oxygens (including phenoxy) is 2. The molecule has 3 aromatic rings. The first-order chi connectivity index (χ1) is 18.3. The van der Waals surface area contributed by atoms with Gasteiger partial charge in [0.05, 0.1) is 13.2 Å². The molecular weight excluding hydrogens is 498 g/mol. The standard InChI is InChI=1S/C32H42FO4P/c1-6-11-27-14-15-29(22-31(27)33)36-23-26-12-9-13-28(21-26)32-24(4)19-30(20-25(32)5)35-16-10-18-38(34,17-7-2)37-8-3/h9,12-15,19-22H,6-8,10-11,16-18,23H2,1-5H3. The van der Waals surface area contributed by atoms with Gasteiger partial charge in [-0.05, 0) is 97.7 Å². The lowest BCUT2D eigenvalue weighted by Crippen LogP contribution is -2.05. The van der Waals surface area contributed by atoms with Crippen LogP contribution in [0.5, 0.6) is 11.5 Å². The van der Waals surface area contributed by atoms with Crippen molar-refractivity contribution in [2.75, 3.05) is 25.5 Å². The Morgan fingerprint density at radius 3 is 2.26 bits per heavy atom. The number of rotatable bonds is 15. The summed E-state index contributed by atoms with van der Waals surface area (Å²) in [5.41, 5.74) is 6.26. The van der Waals surface area contributed by atoms with E-state index in [1.165, 1.54) is 6.07 Å². The molecule has 6 heteroatoms. The van der Waals surface area contributed by atoms with Gasteiger partial charge in [0.15, 0.2) is 0 Å². The van der Waals surface area contributed by atoms with E-state index in [0.29, 0.717) is 44.3 Å². The molecule has 0 aliphatic rings. The molecule has 0 amide bonds. The van der Waals surface area contributed by atoms with Gasteiger partial charge in [-0.2, -0.15) is 0 Å². The zero-order valence-corrected chi connectivity index (χ0v) is 24.4. The summed E-state index contributed by atoms with van der Waals surface area (Å²) in [6.45, 7) is 11.5. The molecule has 0 bridgehead atoms. The fourth-order valence-electron chi connectivity index (χ4n) is 4.85. The molecule has 3 aromatic carbocycles. The maximum absolute atomic E-state index is 14.3. The molecule has 4 nitrogen and oxygen atoms in total. The van der Waals surface area contributed by atoms with Crippen LogP contribution in [0.15, 0.2) is 54.6 Å². The van der Waals surface area contributed by atoms with E-state index in [-0.39, 0.29) is 5.82 Å². The summed E-state index contributed by atoms with van der Waals surface area (Å²) in [6.07, 6.45) is 4.37. The largest absolute Gasteiger partial charge is 0.494 e. The molecule has 0 aliphatic carbocycles. The Kier molecular flexibility index (Phi) is 11.4. The van der Waals surface area contributed by atoms with Crippen LogP contribution in [0.4, 0.5) is 4.39 Å². The molecule has 206 valence electrons. The summed E-state index contributed by atoms with van der Waals surface area (Å²) in [5, 5.41) is 0. The fourth-order valence-corrected chi connectivity index (χ4v) is 7.09. The van der Waals surface area contributed by atoms with Crippen LogP contribution >= 0.6 is 7.37 Å². The van der Waals surface area contributed by atoms with Crippen LogP contribution in [0.25, 0.3) is 11.1 Å². The van der Waals surface area contributed by atoms with E-state index in [2.05, 4.69) is 38.1 Å². The second kappa shape index (κ2) is 14.5. The first-order valence-electron chi connectivity index (χ1n) is 13.8. The molecule has 1 unspecified atom stereocenters. The van der Waals surface area contributed by atoms with Crippen molar-refractivity contribution < 1.29 is 23.0 Å². The van der Waals surface area contributed by atoms with Crippen molar-refractivity contribution in [1.82, 2.24) is 0 Å². The minimum absolute atomic E-state index is 0.212. The number of benzene rings is 3. The Morgan fingerprint density at radius 1 is 0.842 bits per heavy atom. The Hall–Kier alpha value is -2.62. The number of hydrogen-bond donors (Lipinski definition) is 0. The lowest BCUT2D eigenvalue weighted by molar-refractivity contribution is 0.304. The highest BCUT2D eigenvalue weighted by Crippen LogP contribution is 2.47. The Labute approximate surface area is 228 Å². The molecule has 0 spiro atoms. The normalized spacial score (nSPS) is 12.8. The molecular formula is C32H42FO4P. The minimum Gasteiger partial charge on any atom is -0.494 e. The van der Waals surface area contributed by atoms with Gasteiger partial charge in [-0.1, -0.05) is 44.5 Å². The third-order valence-electron chi connectivity index (χ3n) is 6.51. The Morgan fingerprint density at radius 2 is 1.61 bits per heavy atom. The number of halogens is 1. The second-order valence-electron chi connectivity index (χ2n) is 9.81. The average molecular weight is 541 g/mol. The quantitative estimate of drug-likeness (QED) is 0.142. The van der Waals surface area contributed by atoms with E-state index >= 15 is 0 Å². The maximum atomic E-state index is 14.3. The first kappa shape index (κ1) is 29.9. The topological polar surface area (TPSA) is 44.8 Å². The van der Waals surface area contributed by atoms with Crippen molar-refractivity contribution in [3.8, 4) is 22.6 Å². The van der Waals surface area contributed by atoms with Gasteiger partial charge in [-0.3, -0.25) is 4.57 Å². The van der Waals surface area contributed by atoms with Gasteiger partial charge in [0.2, 0.25) is 7.37 Å². The minimum atomic E-state index is -2.55. The first-order valence-corrected chi connectivity index (χ1v) is 15.7. The molecule has 1 atom stereocenters. The summed E-state index contributed by atoms with van der Waals surface area (Å²) in [6, 6.07) is 17.5. The highest BCUT2D eigenvalue weighted by Gasteiger charge is 2.20. The van der Waals surface area contributed by atoms with Crippen LogP contribution in [0, 0.1) is 19.7 Å². The third-order valence-corrected chi connectivity index (χ3v) is 9.37. The Bertz CT molecular complexity index is 1210. The Balaban J connectivity index is 1.64. The summed E-state index contributed by atoms with van der Waals surface area (Å²) in [5.74, 6) is 1.14. The lowest BCUT2D eigenvalue weighted by atomic mass is 9.94. The van der Waals surface area contributed by atoms with E-state index in [4.69, 9.17) is 14.0 Å². The highest BCUT2D eigenvalue weighted by molar-refractivity contribution is 7.58. The van der Waals surface area contributed by atoms with Gasteiger partial charge in [-0.15, -0.1) is 0 Å². The van der Waals surface area contributed by atoms with Crippen molar-refractivity contribution in [1.29, 1.82) is 0 Å². The summed E-state index contributed by atoms with van der Waals surface area (Å²) >= 11 is 0. The van der Waals surface area contributed by atoms with Gasteiger partial charge in [-0.25, -0.2) is 4.39 Å². The number of aryl methyl sites for hydroxylation is 3. The van der Waals surface area contributed by atoms with Crippen LogP contribution < -0.4 is 9.47 Å². The highest BCUT2D eigenvalue weighted by atomic mass is 31.2. The van der Waals surface area contributed by atoms with Crippen LogP contribution in [-0.2, 0) is 22.1 Å². The molecule has 0 N–H and O–H groups in total. The molecule has 0 aromatic heterocycles. The van der Waals surface area contributed by atoms with Crippen molar-refractivity contribution in [3.63, 3.8) is 0 Å². The van der Waals surface area contributed by atoms with E-state index in [1.807, 2.05) is 45.0 Å². The average Bonchev–Trinajstić information content (AvgIpc) is 2.87. The van der Waals surface area contributed by atoms with Crippen molar-refractivity contribution in [2.24, 2.45) is 0 Å². The zero-order chi connectivity index (χ0) is 27.5. The van der Waals surface area contributed by atoms with Crippen molar-refractivity contribution >= 4 is 7.37 Å². The summed E-state index contributed by atoms with van der Waals surface area (Å²) in [7, 11) is -2.55. The molecule has 0 radical (unpaired) electrons. The third kappa shape index (κ3) is 8.44. The lowest BCUT2D eigenvalue weighted by Gasteiger charge is -2.18. The summed E-state index contributed by atoms with van der Waals surface area (Å²) < 4.78 is 44.6. The smallest absolute Gasteiger partial charge is 0.203 e. The molecule has 0 aliphatic heterocycles. The molecule has 38 heavy (non-hydrogen) atoms. The van der Waals surface area contributed by atoms with E-state index in [0.717, 1.165) is 58.4 Å². The van der Waals surface area contributed by atoms with Crippen LogP contribution in [-0.4, -0.2) is 25.5 Å². The van der Waals surface area contributed by atoms with Crippen LogP contribution in [0.2, 0.25) is 0 Å². The molecule has 3 rings (SSSR count). The predicted octanol–water partition coefficient (Wildman–Crippen LogP) is 9.13. The van der Waals surface area contributed by atoms with E-state index in [1.54, 1.807) is 0 Å². The molecule has 0 heterocycles. The summed E-state index contributed by atoms with van der Waals surface area (Å²) in [4.78, 5) is 0. The van der Waals surface area contributed by atoms with Gasteiger partial charge < -0.3 is 14.0 Å². The van der Waals surface area contributed by atoms with Crippen molar-refractivity contribution in [3.05, 3.63) is 82.7 Å². The number of hydrogen-bond acceptors (Lipinski definition) is 4. The van der Waals surface area contributed by atoms with Gasteiger partial charge in [0, 0.05) is 18.4 Å². The van der Waals surface area contributed by atoms with Crippen LogP contribution in [0.3, 0.4) is 0 Å². The maximum Gasteiger partial charge on any atom is 0.203 e. The molecule has 0 saturated carbocycles. The fraction of sp³-hybridized carbons (Fsp3) is 0.438. The van der Waals surface area contributed by atoms with Gasteiger partial charge >= 0.3 is 0 Å². The van der Waals surface area contributed by atoms with Crippen molar-refractivity contribution in [2.45, 2.75) is 66.9 Å².